The first-order chi connectivity index (χ1) is 10.7. The number of furan rings is 1. The Bertz CT molecular complexity index is 705. The molecule has 0 unspecified atom stereocenters. The summed E-state index contributed by atoms with van der Waals surface area (Å²) in [6, 6.07) is 3.79. The standard InChI is InChI=1S/C17H21N3O2/c21-16-19-18-15(20(16)10-14-2-1-3-22-14)17-7-11-4-12(8-17)6-13(5-11)9-17/h1-3,11-13H,4-10H2,(H,19,21). The van der Waals surface area contributed by atoms with E-state index in [1.54, 1.807) is 6.26 Å². The second-order valence-corrected chi connectivity index (χ2v) is 7.72. The van der Waals surface area contributed by atoms with Gasteiger partial charge in [-0.15, -0.1) is 0 Å². The predicted octanol–water partition coefficient (Wildman–Crippen LogP) is 2.68. The Kier molecular flexibility index (Phi) is 2.53. The first-order valence-corrected chi connectivity index (χ1v) is 8.40. The monoisotopic (exact) mass is 299 g/mol. The smallest absolute Gasteiger partial charge is 0.343 e. The number of H-pyrrole nitrogens is 1. The molecule has 2 aromatic heterocycles. The average molecular weight is 299 g/mol. The van der Waals surface area contributed by atoms with E-state index < -0.39 is 0 Å². The third kappa shape index (κ3) is 1.77. The highest BCUT2D eigenvalue weighted by molar-refractivity contribution is 5.18. The van der Waals surface area contributed by atoms with Crippen molar-refractivity contribution < 1.29 is 4.42 Å². The van der Waals surface area contributed by atoms with Gasteiger partial charge in [-0.1, -0.05) is 0 Å². The maximum atomic E-state index is 12.3. The molecule has 2 aromatic rings. The van der Waals surface area contributed by atoms with Crippen molar-refractivity contribution in [1.82, 2.24) is 14.8 Å². The second-order valence-electron chi connectivity index (χ2n) is 7.72. The number of nitrogens with one attached hydrogen (secondary N) is 1. The fourth-order valence-electron chi connectivity index (χ4n) is 5.81. The van der Waals surface area contributed by atoms with Crippen molar-refractivity contribution in [3.8, 4) is 0 Å². The highest BCUT2D eigenvalue weighted by Crippen LogP contribution is 2.60. The van der Waals surface area contributed by atoms with Crippen LogP contribution in [0.5, 0.6) is 0 Å². The van der Waals surface area contributed by atoms with Crippen molar-refractivity contribution in [2.45, 2.75) is 50.5 Å². The SMILES string of the molecule is O=c1[nH]nc(C23CC4CC(CC(C4)C2)C3)n1Cc1ccco1. The number of rotatable bonds is 3. The molecule has 0 radical (unpaired) electrons. The van der Waals surface area contributed by atoms with Crippen molar-refractivity contribution in [2.24, 2.45) is 17.8 Å². The van der Waals surface area contributed by atoms with E-state index in [0.717, 1.165) is 29.3 Å². The average Bonchev–Trinajstić information content (AvgIpc) is 3.09. The van der Waals surface area contributed by atoms with E-state index in [4.69, 9.17) is 4.42 Å². The maximum Gasteiger partial charge on any atom is 0.343 e. The summed E-state index contributed by atoms with van der Waals surface area (Å²) in [6.45, 7) is 0.486. The van der Waals surface area contributed by atoms with E-state index >= 15 is 0 Å². The lowest BCUT2D eigenvalue weighted by Crippen LogP contribution is -2.50. The lowest BCUT2D eigenvalue weighted by atomic mass is 9.49. The first-order valence-electron chi connectivity index (χ1n) is 8.40. The summed E-state index contributed by atoms with van der Waals surface area (Å²) in [5, 5.41) is 7.16. The van der Waals surface area contributed by atoms with Gasteiger partial charge in [-0.05, 0) is 68.4 Å². The van der Waals surface area contributed by atoms with E-state index in [9.17, 15) is 4.79 Å². The Morgan fingerprint density at radius 2 is 1.91 bits per heavy atom. The molecule has 5 nitrogen and oxygen atoms in total. The van der Waals surface area contributed by atoms with E-state index in [-0.39, 0.29) is 11.1 Å². The molecule has 0 aromatic carbocycles. The molecule has 0 atom stereocenters. The first kappa shape index (κ1) is 12.7. The normalized spacial score (nSPS) is 36.1. The van der Waals surface area contributed by atoms with Gasteiger partial charge in [0, 0.05) is 5.41 Å². The summed E-state index contributed by atoms with van der Waals surface area (Å²) in [4.78, 5) is 12.3. The fraction of sp³-hybridized carbons (Fsp3) is 0.647. The number of aromatic amines is 1. The van der Waals surface area contributed by atoms with Crippen LogP contribution in [0.2, 0.25) is 0 Å². The van der Waals surface area contributed by atoms with Crippen LogP contribution in [-0.2, 0) is 12.0 Å². The van der Waals surface area contributed by atoms with Gasteiger partial charge >= 0.3 is 5.69 Å². The van der Waals surface area contributed by atoms with Crippen LogP contribution in [0.25, 0.3) is 0 Å². The molecule has 4 fully saturated rings. The molecular formula is C17H21N3O2. The Balaban J connectivity index is 1.57. The molecule has 0 amide bonds. The maximum absolute atomic E-state index is 12.3. The quantitative estimate of drug-likeness (QED) is 0.947. The largest absolute Gasteiger partial charge is 0.467 e. The third-order valence-electron chi connectivity index (χ3n) is 6.16. The van der Waals surface area contributed by atoms with Gasteiger partial charge in [0.15, 0.2) is 0 Å². The van der Waals surface area contributed by atoms with E-state index in [2.05, 4.69) is 10.2 Å². The molecule has 0 spiro atoms. The van der Waals surface area contributed by atoms with Crippen LogP contribution in [-0.4, -0.2) is 14.8 Å². The lowest BCUT2D eigenvalue weighted by molar-refractivity contribution is -0.0111. The summed E-state index contributed by atoms with van der Waals surface area (Å²) in [7, 11) is 0. The summed E-state index contributed by atoms with van der Waals surface area (Å²) in [5.41, 5.74) is 0.0164. The number of hydrogen-bond acceptors (Lipinski definition) is 3. The minimum absolute atomic E-state index is 0.109. The Labute approximate surface area is 128 Å². The molecular weight excluding hydrogens is 278 g/mol. The molecule has 22 heavy (non-hydrogen) atoms. The van der Waals surface area contributed by atoms with Crippen LogP contribution in [0.3, 0.4) is 0 Å². The van der Waals surface area contributed by atoms with Gasteiger partial charge < -0.3 is 4.42 Å². The number of aromatic nitrogens is 3. The zero-order valence-electron chi connectivity index (χ0n) is 12.6. The van der Waals surface area contributed by atoms with Crippen molar-refractivity contribution in [1.29, 1.82) is 0 Å². The van der Waals surface area contributed by atoms with Crippen LogP contribution in [0.15, 0.2) is 27.6 Å². The van der Waals surface area contributed by atoms with Gasteiger partial charge in [-0.25, -0.2) is 9.89 Å². The summed E-state index contributed by atoms with van der Waals surface area (Å²) < 4.78 is 7.25. The summed E-state index contributed by atoms with van der Waals surface area (Å²) >= 11 is 0. The molecule has 4 aliphatic carbocycles. The highest BCUT2D eigenvalue weighted by atomic mass is 16.3. The van der Waals surface area contributed by atoms with Crippen LogP contribution >= 0.6 is 0 Å². The Morgan fingerprint density at radius 1 is 1.23 bits per heavy atom. The van der Waals surface area contributed by atoms with Gasteiger partial charge in [0.25, 0.3) is 0 Å². The van der Waals surface area contributed by atoms with Crippen LogP contribution in [0.4, 0.5) is 0 Å². The van der Waals surface area contributed by atoms with Crippen LogP contribution in [0, 0.1) is 17.8 Å². The third-order valence-corrected chi connectivity index (χ3v) is 6.16. The number of nitrogens with zero attached hydrogens (tertiary/aromatic N) is 2. The minimum atomic E-state index is -0.109. The van der Waals surface area contributed by atoms with Gasteiger partial charge in [-0.3, -0.25) is 4.57 Å². The van der Waals surface area contributed by atoms with Gasteiger partial charge in [0.05, 0.1) is 12.8 Å². The van der Waals surface area contributed by atoms with Crippen LogP contribution in [0.1, 0.15) is 50.1 Å². The topological polar surface area (TPSA) is 63.8 Å². The lowest BCUT2D eigenvalue weighted by Gasteiger charge is -2.56. The van der Waals surface area contributed by atoms with E-state index in [0.29, 0.717) is 6.54 Å². The van der Waals surface area contributed by atoms with E-state index in [1.807, 2.05) is 16.7 Å². The molecule has 116 valence electrons. The summed E-state index contributed by atoms with van der Waals surface area (Å²) in [5.74, 6) is 4.32. The molecule has 4 bridgehead atoms. The molecule has 4 saturated carbocycles. The zero-order chi connectivity index (χ0) is 14.7. The fourth-order valence-corrected chi connectivity index (χ4v) is 5.81. The Hall–Kier alpha value is -1.78. The molecule has 1 N–H and O–H groups in total. The molecule has 5 heteroatoms. The van der Waals surface area contributed by atoms with Crippen molar-refractivity contribution in [3.05, 3.63) is 40.5 Å². The predicted molar refractivity (Wildman–Crippen MR) is 80.5 cm³/mol. The number of hydrogen-bond donors (Lipinski definition) is 1. The van der Waals surface area contributed by atoms with E-state index in [1.165, 1.54) is 38.5 Å². The van der Waals surface area contributed by atoms with Crippen molar-refractivity contribution in [2.75, 3.05) is 0 Å². The summed E-state index contributed by atoms with van der Waals surface area (Å²) in [6.07, 6.45) is 9.47. The minimum Gasteiger partial charge on any atom is -0.467 e. The van der Waals surface area contributed by atoms with Crippen molar-refractivity contribution in [3.63, 3.8) is 0 Å². The molecule has 2 heterocycles. The van der Waals surface area contributed by atoms with Crippen LogP contribution < -0.4 is 5.69 Å². The molecule has 0 saturated heterocycles. The second kappa shape index (κ2) is 4.37. The van der Waals surface area contributed by atoms with Gasteiger partial charge in [-0.2, -0.15) is 5.10 Å². The van der Waals surface area contributed by atoms with Crippen molar-refractivity contribution >= 4 is 0 Å². The molecule has 0 aliphatic heterocycles. The van der Waals surface area contributed by atoms with Gasteiger partial charge in [0.2, 0.25) is 0 Å². The highest BCUT2D eigenvalue weighted by Gasteiger charge is 2.53. The molecule has 6 rings (SSSR count). The molecule has 4 aliphatic rings. The van der Waals surface area contributed by atoms with Gasteiger partial charge in [0.1, 0.15) is 11.6 Å². The zero-order valence-corrected chi connectivity index (χ0v) is 12.6. The Morgan fingerprint density at radius 3 is 2.50 bits per heavy atom.